The number of fused-ring (bicyclic) bond motifs is 1. The molecular formula is C18H24N4O2. The molecule has 6 nitrogen and oxygen atoms in total. The Labute approximate surface area is 142 Å². The van der Waals surface area contributed by atoms with Crippen LogP contribution in [0, 0.1) is 18.3 Å². The molecule has 6 heteroatoms. The van der Waals surface area contributed by atoms with Crippen LogP contribution in [0.1, 0.15) is 52.2 Å². The first-order chi connectivity index (χ1) is 10.9. The number of aliphatic hydroxyl groups is 1. The molecule has 0 radical (unpaired) electrons. The van der Waals surface area contributed by atoms with E-state index in [0.717, 1.165) is 16.6 Å². The second-order valence-corrected chi connectivity index (χ2v) is 7.75. The summed E-state index contributed by atoms with van der Waals surface area (Å²) in [4.78, 5) is 16.7. The van der Waals surface area contributed by atoms with Crippen LogP contribution in [-0.4, -0.2) is 26.2 Å². The Hall–Kier alpha value is -2.39. The number of anilines is 1. The number of hydrogen-bond acceptors (Lipinski definition) is 4. The number of carbonyl (C=O) groups is 1. The maximum atomic E-state index is 12.2. The third-order valence-corrected chi connectivity index (χ3v) is 3.64. The van der Waals surface area contributed by atoms with Crippen LogP contribution in [0.25, 0.3) is 11.0 Å². The molecule has 24 heavy (non-hydrogen) atoms. The number of benzene rings is 1. The van der Waals surface area contributed by atoms with Crippen LogP contribution in [-0.2, 0) is 10.3 Å². The summed E-state index contributed by atoms with van der Waals surface area (Å²) in [7, 11) is 0. The van der Waals surface area contributed by atoms with Crippen LogP contribution < -0.4 is 5.32 Å². The fourth-order valence-electron chi connectivity index (χ4n) is 2.67. The highest BCUT2D eigenvalue weighted by molar-refractivity contribution is 5.92. The lowest BCUT2D eigenvalue weighted by atomic mass is 10.1. The van der Waals surface area contributed by atoms with Crippen molar-refractivity contribution >= 4 is 22.9 Å². The fraction of sp³-hybridized carbons (Fsp3) is 0.500. The number of carbonyl (C=O) groups excluding carboxylic acids is 1. The Morgan fingerprint density at radius 2 is 1.96 bits per heavy atom. The van der Waals surface area contributed by atoms with Gasteiger partial charge in [-0.15, -0.1) is 0 Å². The number of amides is 1. The van der Waals surface area contributed by atoms with E-state index in [4.69, 9.17) is 0 Å². The quantitative estimate of drug-likeness (QED) is 0.906. The van der Waals surface area contributed by atoms with E-state index in [1.54, 1.807) is 19.9 Å². The van der Waals surface area contributed by atoms with Crippen molar-refractivity contribution in [2.45, 2.75) is 59.1 Å². The van der Waals surface area contributed by atoms with Crippen LogP contribution in [0.5, 0.6) is 0 Å². The zero-order valence-corrected chi connectivity index (χ0v) is 15.1. The lowest BCUT2D eigenvalue weighted by molar-refractivity contribution is -0.119. The standard InChI is InChI=1S/C18H24N4O2/c1-11-7-13-14(8-12(11)10-19)22(17(2,3)4)16(20-13)21-15(23)9-18(5,6)24/h7-8,24H,9H2,1-6H3,(H,20,21,23). The Balaban J connectivity index is 2.58. The van der Waals surface area contributed by atoms with Gasteiger partial charge in [-0.2, -0.15) is 5.26 Å². The van der Waals surface area contributed by atoms with Gasteiger partial charge in [0.05, 0.1) is 34.7 Å². The first-order valence-corrected chi connectivity index (χ1v) is 7.88. The summed E-state index contributed by atoms with van der Waals surface area (Å²) in [6.45, 7) is 11.0. The molecule has 0 aliphatic carbocycles. The molecule has 2 aromatic rings. The van der Waals surface area contributed by atoms with Gasteiger partial charge in [0.25, 0.3) is 0 Å². The van der Waals surface area contributed by atoms with E-state index in [1.165, 1.54) is 0 Å². The minimum absolute atomic E-state index is 0.0250. The molecule has 0 atom stereocenters. The van der Waals surface area contributed by atoms with Crippen molar-refractivity contribution in [1.29, 1.82) is 5.26 Å². The van der Waals surface area contributed by atoms with Gasteiger partial charge in [-0.3, -0.25) is 10.1 Å². The summed E-state index contributed by atoms with van der Waals surface area (Å²) in [5.41, 5.74) is 1.52. The van der Waals surface area contributed by atoms with Gasteiger partial charge in [0.15, 0.2) is 0 Å². The highest BCUT2D eigenvalue weighted by Gasteiger charge is 2.25. The summed E-state index contributed by atoms with van der Waals surface area (Å²) in [6.07, 6.45) is -0.0250. The number of nitrogens with one attached hydrogen (secondary N) is 1. The Bertz CT molecular complexity index is 830. The molecule has 0 aliphatic heterocycles. The second kappa shape index (κ2) is 5.91. The van der Waals surface area contributed by atoms with E-state index in [9.17, 15) is 15.2 Å². The molecule has 2 rings (SSSR count). The molecular weight excluding hydrogens is 304 g/mol. The van der Waals surface area contributed by atoms with Gasteiger partial charge in [-0.05, 0) is 59.2 Å². The molecule has 0 saturated heterocycles. The predicted molar refractivity (Wildman–Crippen MR) is 93.7 cm³/mol. The van der Waals surface area contributed by atoms with Gasteiger partial charge in [0.2, 0.25) is 11.9 Å². The SMILES string of the molecule is Cc1cc2nc(NC(=O)CC(C)(C)O)n(C(C)(C)C)c2cc1C#N. The number of aromatic nitrogens is 2. The predicted octanol–water partition coefficient (Wildman–Crippen LogP) is 3.07. The highest BCUT2D eigenvalue weighted by Crippen LogP contribution is 2.30. The highest BCUT2D eigenvalue weighted by atomic mass is 16.3. The van der Waals surface area contributed by atoms with E-state index in [-0.39, 0.29) is 17.9 Å². The van der Waals surface area contributed by atoms with Gasteiger partial charge in [-0.25, -0.2) is 4.98 Å². The van der Waals surface area contributed by atoms with Crippen molar-refractivity contribution in [3.8, 4) is 6.07 Å². The number of imidazole rings is 1. The Morgan fingerprint density at radius 3 is 2.46 bits per heavy atom. The zero-order valence-electron chi connectivity index (χ0n) is 15.1. The van der Waals surface area contributed by atoms with E-state index in [0.29, 0.717) is 11.5 Å². The number of aryl methyl sites for hydroxylation is 1. The van der Waals surface area contributed by atoms with Crippen molar-refractivity contribution in [1.82, 2.24) is 9.55 Å². The Morgan fingerprint density at radius 1 is 1.33 bits per heavy atom. The number of nitrogens with zero attached hydrogens (tertiary/aromatic N) is 3. The third-order valence-electron chi connectivity index (χ3n) is 3.64. The van der Waals surface area contributed by atoms with Gasteiger partial charge in [0, 0.05) is 5.54 Å². The summed E-state index contributed by atoms with van der Waals surface area (Å²) in [5.74, 6) is 0.113. The Kier molecular flexibility index (Phi) is 4.42. The van der Waals surface area contributed by atoms with Crippen molar-refractivity contribution in [3.63, 3.8) is 0 Å². The molecule has 1 amide bonds. The summed E-state index contributed by atoms with van der Waals surface area (Å²) < 4.78 is 1.91. The zero-order chi connectivity index (χ0) is 18.3. The summed E-state index contributed by atoms with van der Waals surface area (Å²) in [5, 5.41) is 21.9. The first-order valence-electron chi connectivity index (χ1n) is 7.88. The van der Waals surface area contributed by atoms with Crippen LogP contribution >= 0.6 is 0 Å². The molecule has 1 aromatic carbocycles. The smallest absolute Gasteiger partial charge is 0.229 e. The average molecular weight is 328 g/mol. The maximum Gasteiger partial charge on any atom is 0.229 e. The number of hydrogen-bond donors (Lipinski definition) is 2. The largest absolute Gasteiger partial charge is 0.390 e. The van der Waals surface area contributed by atoms with Gasteiger partial charge >= 0.3 is 0 Å². The molecule has 0 unspecified atom stereocenters. The summed E-state index contributed by atoms with van der Waals surface area (Å²) >= 11 is 0. The first kappa shape index (κ1) is 18.0. The third kappa shape index (κ3) is 3.74. The lowest BCUT2D eigenvalue weighted by Crippen LogP contribution is -2.30. The molecule has 0 saturated carbocycles. The van der Waals surface area contributed by atoms with E-state index < -0.39 is 5.60 Å². The van der Waals surface area contributed by atoms with E-state index in [2.05, 4.69) is 16.4 Å². The monoisotopic (exact) mass is 328 g/mol. The minimum atomic E-state index is -1.09. The van der Waals surface area contributed by atoms with Gasteiger partial charge in [-0.1, -0.05) is 0 Å². The molecule has 2 N–H and O–H groups in total. The molecule has 1 heterocycles. The number of rotatable bonds is 3. The second-order valence-electron chi connectivity index (χ2n) is 7.75. The molecule has 128 valence electrons. The summed E-state index contributed by atoms with van der Waals surface area (Å²) in [6, 6.07) is 5.83. The van der Waals surface area contributed by atoms with Crippen LogP contribution in [0.4, 0.5) is 5.95 Å². The lowest BCUT2D eigenvalue weighted by Gasteiger charge is -2.25. The van der Waals surface area contributed by atoms with Crippen molar-refractivity contribution in [2.75, 3.05) is 5.32 Å². The van der Waals surface area contributed by atoms with E-state index >= 15 is 0 Å². The van der Waals surface area contributed by atoms with E-state index in [1.807, 2.05) is 38.3 Å². The van der Waals surface area contributed by atoms with Gasteiger partial charge < -0.3 is 9.67 Å². The molecule has 0 bridgehead atoms. The van der Waals surface area contributed by atoms with Crippen LogP contribution in [0.2, 0.25) is 0 Å². The van der Waals surface area contributed by atoms with Gasteiger partial charge in [0.1, 0.15) is 0 Å². The van der Waals surface area contributed by atoms with Crippen molar-refractivity contribution in [2.24, 2.45) is 0 Å². The van der Waals surface area contributed by atoms with Crippen molar-refractivity contribution in [3.05, 3.63) is 23.3 Å². The molecule has 1 aromatic heterocycles. The molecule has 0 spiro atoms. The molecule has 0 aliphatic rings. The molecule has 0 fully saturated rings. The van der Waals surface area contributed by atoms with Crippen molar-refractivity contribution < 1.29 is 9.90 Å². The topological polar surface area (TPSA) is 90.9 Å². The average Bonchev–Trinajstić information content (AvgIpc) is 2.71. The maximum absolute atomic E-state index is 12.2. The minimum Gasteiger partial charge on any atom is -0.390 e. The normalized spacial score (nSPS) is 12.2. The number of nitriles is 1. The fourth-order valence-corrected chi connectivity index (χ4v) is 2.67. The van der Waals surface area contributed by atoms with Crippen LogP contribution in [0.3, 0.4) is 0 Å². The van der Waals surface area contributed by atoms with Crippen LogP contribution in [0.15, 0.2) is 12.1 Å².